The number of rotatable bonds is 4. The summed E-state index contributed by atoms with van der Waals surface area (Å²) in [7, 11) is 2.07. The predicted octanol–water partition coefficient (Wildman–Crippen LogP) is 4.83. The Kier molecular flexibility index (Phi) is 5.93. The highest BCUT2D eigenvalue weighted by Crippen LogP contribution is 2.28. The number of aryl methyl sites for hydroxylation is 2. The minimum atomic E-state index is -0.306. The molecule has 206 valence electrons. The molecule has 1 aliphatic rings. The number of halogens is 1. The van der Waals surface area contributed by atoms with Gasteiger partial charge in [0.05, 0.1) is 22.4 Å². The Labute approximate surface area is 235 Å². The van der Waals surface area contributed by atoms with Gasteiger partial charge < -0.3 is 15.1 Å². The molecule has 10 heteroatoms. The number of aromatic nitrogens is 5. The van der Waals surface area contributed by atoms with Gasteiger partial charge in [-0.05, 0) is 62.4 Å². The summed E-state index contributed by atoms with van der Waals surface area (Å²) in [6, 6.07) is 18.7. The predicted molar refractivity (Wildman–Crippen MR) is 160 cm³/mol. The highest BCUT2D eigenvalue weighted by molar-refractivity contribution is 5.88. The smallest absolute Gasteiger partial charge is 0.270 e. The van der Waals surface area contributed by atoms with E-state index in [0.29, 0.717) is 28.2 Å². The second-order valence-electron chi connectivity index (χ2n) is 10.6. The number of piperazine rings is 1. The molecule has 0 aliphatic carbocycles. The molecule has 1 saturated heterocycles. The van der Waals surface area contributed by atoms with Gasteiger partial charge >= 0.3 is 0 Å². The number of nitrogens with zero attached hydrogens (tertiary/aromatic N) is 7. The Hall–Kier alpha value is -4.83. The van der Waals surface area contributed by atoms with E-state index in [0.717, 1.165) is 54.0 Å². The van der Waals surface area contributed by atoms with Gasteiger partial charge in [0, 0.05) is 38.1 Å². The summed E-state index contributed by atoms with van der Waals surface area (Å²) in [6.07, 6.45) is 1.53. The third-order valence-corrected chi connectivity index (χ3v) is 7.87. The molecule has 1 fully saturated rings. The lowest BCUT2D eigenvalue weighted by Gasteiger charge is -2.34. The fraction of sp³-hybridized carbons (Fsp3) is 0.226. The molecule has 0 spiro atoms. The van der Waals surface area contributed by atoms with Crippen molar-refractivity contribution >= 4 is 45.2 Å². The quantitative estimate of drug-likeness (QED) is 0.338. The van der Waals surface area contributed by atoms with Crippen molar-refractivity contribution in [2.75, 3.05) is 43.4 Å². The average molecular weight is 549 g/mol. The lowest BCUT2D eigenvalue weighted by atomic mass is 10.1. The molecule has 1 aliphatic heterocycles. The van der Waals surface area contributed by atoms with Gasteiger partial charge in [-0.15, -0.1) is 0 Å². The topological polar surface area (TPSA) is 83.6 Å². The van der Waals surface area contributed by atoms with Gasteiger partial charge in [-0.1, -0.05) is 30.3 Å². The van der Waals surface area contributed by atoms with Crippen molar-refractivity contribution in [3.05, 3.63) is 94.2 Å². The first-order valence-electron chi connectivity index (χ1n) is 13.6. The molecule has 0 amide bonds. The standard InChI is InChI=1S/C31H29FN8O/c1-19-7-6-8-20(2)27(19)40-29(41)22-18-33-30(36-28(22)39-26-10-5-4-9-24(26)35-31(39)40)34-21-11-12-25(23(32)17-21)38-15-13-37(3)14-16-38/h4-12,17-18H,13-16H2,1-3H3,(H,33,34,36). The fourth-order valence-corrected chi connectivity index (χ4v) is 5.72. The molecule has 1 N–H and O–H groups in total. The minimum absolute atomic E-state index is 0.255. The van der Waals surface area contributed by atoms with Gasteiger partial charge in [-0.3, -0.25) is 9.20 Å². The third kappa shape index (κ3) is 4.18. The summed E-state index contributed by atoms with van der Waals surface area (Å²) < 4.78 is 18.7. The maximum Gasteiger partial charge on any atom is 0.270 e. The second kappa shape index (κ2) is 9.67. The Balaban J connectivity index is 1.36. The van der Waals surface area contributed by atoms with Crippen LogP contribution in [0.5, 0.6) is 0 Å². The van der Waals surface area contributed by atoms with E-state index in [1.165, 1.54) is 12.3 Å². The molecule has 0 saturated carbocycles. The van der Waals surface area contributed by atoms with Gasteiger partial charge in [0.1, 0.15) is 11.2 Å². The normalized spacial score (nSPS) is 14.4. The third-order valence-electron chi connectivity index (χ3n) is 7.87. The van der Waals surface area contributed by atoms with Gasteiger partial charge in [0.2, 0.25) is 11.7 Å². The molecule has 9 nitrogen and oxygen atoms in total. The van der Waals surface area contributed by atoms with Crippen molar-refractivity contribution in [3.8, 4) is 5.69 Å². The van der Waals surface area contributed by atoms with Crippen LogP contribution in [0.15, 0.2) is 71.7 Å². The molecular weight excluding hydrogens is 519 g/mol. The molecule has 7 rings (SSSR count). The van der Waals surface area contributed by atoms with Crippen LogP contribution in [0.25, 0.3) is 33.5 Å². The highest BCUT2D eigenvalue weighted by atomic mass is 19.1. The van der Waals surface area contributed by atoms with Gasteiger partial charge in [0.25, 0.3) is 5.56 Å². The van der Waals surface area contributed by atoms with Crippen LogP contribution < -0.4 is 15.8 Å². The van der Waals surface area contributed by atoms with E-state index in [2.05, 4.69) is 27.1 Å². The zero-order valence-electron chi connectivity index (χ0n) is 23.1. The van der Waals surface area contributed by atoms with Crippen molar-refractivity contribution in [1.29, 1.82) is 0 Å². The molecule has 0 bridgehead atoms. The summed E-state index contributed by atoms with van der Waals surface area (Å²) in [5.74, 6) is 0.417. The van der Waals surface area contributed by atoms with E-state index >= 15 is 4.39 Å². The van der Waals surface area contributed by atoms with Gasteiger partial charge in [-0.25, -0.2) is 18.9 Å². The van der Waals surface area contributed by atoms with E-state index in [9.17, 15) is 4.79 Å². The van der Waals surface area contributed by atoms with Crippen LogP contribution in [0.4, 0.5) is 21.7 Å². The maximum atomic E-state index is 15.2. The first kappa shape index (κ1) is 25.2. The van der Waals surface area contributed by atoms with Crippen LogP contribution in [-0.2, 0) is 0 Å². The summed E-state index contributed by atoms with van der Waals surface area (Å²) in [4.78, 5) is 32.4. The number of hydrogen-bond acceptors (Lipinski definition) is 7. The minimum Gasteiger partial charge on any atom is -0.367 e. The maximum absolute atomic E-state index is 15.2. The molecular formula is C31H29FN8O. The van der Waals surface area contributed by atoms with Gasteiger partial charge in [-0.2, -0.15) is 4.98 Å². The van der Waals surface area contributed by atoms with Crippen LogP contribution in [0.1, 0.15) is 11.1 Å². The monoisotopic (exact) mass is 548 g/mol. The molecule has 41 heavy (non-hydrogen) atoms. The fourth-order valence-electron chi connectivity index (χ4n) is 5.72. The zero-order chi connectivity index (χ0) is 28.2. The highest BCUT2D eigenvalue weighted by Gasteiger charge is 2.21. The molecule has 6 aromatic rings. The zero-order valence-corrected chi connectivity index (χ0v) is 23.1. The van der Waals surface area contributed by atoms with Crippen LogP contribution in [0.3, 0.4) is 0 Å². The van der Waals surface area contributed by atoms with Crippen molar-refractivity contribution < 1.29 is 4.39 Å². The van der Waals surface area contributed by atoms with Crippen LogP contribution >= 0.6 is 0 Å². The average Bonchev–Trinajstić information content (AvgIpc) is 3.35. The summed E-state index contributed by atoms with van der Waals surface area (Å²) in [5.41, 5.74) is 5.55. The van der Waals surface area contributed by atoms with E-state index in [1.54, 1.807) is 10.6 Å². The number of anilines is 3. The van der Waals surface area contributed by atoms with E-state index in [-0.39, 0.29) is 17.3 Å². The van der Waals surface area contributed by atoms with Crippen molar-refractivity contribution in [2.45, 2.75) is 13.8 Å². The first-order valence-corrected chi connectivity index (χ1v) is 13.6. The van der Waals surface area contributed by atoms with Crippen LogP contribution in [-0.4, -0.2) is 62.0 Å². The molecule has 4 heterocycles. The summed E-state index contributed by atoms with van der Waals surface area (Å²) >= 11 is 0. The molecule has 0 radical (unpaired) electrons. The van der Waals surface area contributed by atoms with E-state index in [1.807, 2.05) is 66.8 Å². The molecule has 0 atom stereocenters. The first-order chi connectivity index (χ1) is 19.9. The Bertz CT molecular complexity index is 2000. The Morgan fingerprint density at radius 1 is 0.902 bits per heavy atom. The number of imidazole rings is 1. The SMILES string of the molecule is Cc1cccc(C)c1-n1c(=O)c2cnc(Nc3ccc(N4CCN(C)CC4)c(F)c3)nc2n2c3ccccc3nc12. The van der Waals surface area contributed by atoms with Crippen LogP contribution in [0, 0.1) is 19.7 Å². The number of hydrogen-bond donors (Lipinski definition) is 1. The number of fused-ring (bicyclic) bond motifs is 5. The Morgan fingerprint density at radius 2 is 1.66 bits per heavy atom. The largest absolute Gasteiger partial charge is 0.367 e. The molecule has 0 unspecified atom stereocenters. The molecule has 3 aromatic heterocycles. The van der Waals surface area contributed by atoms with Crippen molar-refractivity contribution in [3.63, 3.8) is 0 Å². The second-order valence-corrected chi connectivity index (χ2v) is 10.6. The number of para-hydroxylation sites is 3. The molecule has 3 aromatic carbocycles. The lowest BCUT2D eigenvalue weighted by molar-refractivity contribution is 0.311. The number of nitrogens with one attached hydrogen (secondary N) is 1. The Morgan fingerprint density at radius 3 is 2.41 bits per heavy atom. The van der Waals surface area contributed by atoms with Crippen molar-refractivity contribution in [2.24, 2.45) is 0 Å². The van der Waals surface area contributed by atoms with Crippen LogP contribution in [0.2, 0.25) is 0 Å². The van der Waals surface area contributed by atoms with Crippen molar-refractivity contribution in [1.82, 2.24) is 28.8 Å². The number of benzene rings is 3. The summed E-state index contributed by atoms with van der Waals surface area (Å²) in [6.45, 7) is 7.32. The van der Waals surface area contributed by atoms with E-state index in [4.69, 9.17) is 9.97 Å². The van der Waals surface area contributed by atoms with E-state index < -0.39 is 0 Å². The lowest BCUT2D eigenvalue weighted by Crippen LogP contribution is -2.44. The number of likely N-dealkylation sites (N-methyl/N-ethyl adjacent to an activating group) is 1. The van der Waals surface area contributed by atoms with Gasteiger partial charge in [0.15, 0.2) is 5.65 Å². The summed E-state index contributed by atoms with van der Waals surface area (Å²) in [5, 5.41) is 3.48.